The number of Topliss-reactive ketones (excluding diaryl/α,β-unsaturated/α-hetero) is 1. The molecule has 0 radical (unpaired) electrons. The van der Waals surface area contributed by atoms with E-state index in [0.717, 1.165) is 17.5 Å². The molecule has 0 saturated carbocycles. The van der Waals surface area contributed by atoms with Crippen molar-refractivity contribution in [3.05, 3.63) is 82.8 Å². The summed E-state index contributed by atoms with van der Waals surface area (Å²) in [6.45, 7) is 0. The second-order valence-corrected chi connectivity index (χ2v) is 11.4. The predicted molar refractivity (Wildman–Crippen MR) is 124 cm³/mol. The van der Waals surface area contributed by atoms with Crippen LogP contribution < -0.4 is 5.14 Å². The van der Waals surface area contributed by atoms with Crippen molar-refractivity contribution in [1.29, 1.82) is 0 Å². The molecule has 10 heteroatoms. The van der Waals surface area contributed by atoms with Crippen LogP contribution in [0.15, 0.2) is 91.5 Å². The van der Waals surface area contributed by atoms with E-state index in [9.17, 15) is 21.6 Å². The van der Waals surface area contributed by atoms with E-state index in [1.165, 1.54) is 24.3 Å². The Morgan fingerprint density at radius 1 is 0.875 bits per heavy atom. The highest BCUT2D eigenvalue weighted by Crippen LogP contribution is 2.33. The number of nitrogens with two attached hydrogens (primary N) is 1. The van der Waals surface area contributed by atoms with Gasteiger partial charge in [-0.15, -0.1) is 0 Å². The summed E-state index contributed by atoms with van der Waals surface area (Å²) in [7, 11) is -8.54. The maximum atomic E-state index is 12.8. The van der Waals surface area contributed by atoms with Gasteiger partial charge in [0.1, 0.15) is 22.0 Å². The molecule has 32 heavy (non-hydrogen) atoms. The number of hydrogen-bond acceptors (Lipinski definition) is 6. The van der Waals surface area contributed by atoms with Crippen LogP contribution in [0.1, 0.15) is 10.4 Å². The van der Waals surface area contributed by atoms with Crippen molar-refractivity contribution in [2.45, 2.75) is 9.79 Å². The number of sulfone groups is 1. The molecule has 0 saturated heterocycles. The number of halogens is 1. The van der Waals surface area contributed by atoms with Gasteiger partial charge in [-0.2, -0.15) is 0 Å². The monoisotopic (exact) mass is 533 g/mol. The predicted octanol–water partition coefficient (Wildman–Crippen LogP) is 4.17. The largest absolute Gasteiger partial charge is 0.456 e. The number of sulfonamides is 1. The first kappa shape index (κ1) is 22.4. The second-order valence-electron chi connectivity index (χ2n) is 7.02. The summed E-state index contributed by atoms with van der Waals surface area (Å²) in [6.07, 6.45) is 0. The molecule has 3 aromatic carbocycles. The molecule has 0 spiro atoms. The molecule has 164 valence electrons. The van der Waals surface area contributed by atoms with Gasteiger partial charge in [0.15, 0.2) is 15.6 Å². The highest BCUT2D eigenvalue weighted by atomic mass is 79.9. The van der Waals surface area contributed by atoms with Crippen LogP contribution in [0.3, 0.4) is 0 Å². The third-order valence-electron chi connectivity index (χ3n) is 4.79. The molecule has 0 amide bonds. The smallest absolute Gasteiger partial charge is 0.239 e. The molecule has 0 atom stereocenters. The van der Waals surface area contributed by atoms with Crippen molar-refractivity contribution in [1.82, 2.24) is 0 Å². The Labute approximate surface area is 193 Å². The van der Waals surface area contributed by atoms with Gasteiger partial charge in [0.05, 0.1) is 4.90 Å². The quantitative estimate of drug-likeness (QED) is 0.371. The van der Waals surface area contributed by atoms with E-state index in [1.54, 1.807) is 6.07 Å². The molecule has 0 bridgehead atoms. The molecule has 7 nitrogen and oxygen atoms in total. The first-order valence-electron chi connectivity index (χ1n) is 9.22. The summed E-state index contributed by atoms with van der Waals surface area (Å²) in [5, 5.41) is 6.05. The summed E-state index contributed by atoms with van der Waals surface area (Å²) in [4.78, 5) is 11.7. The highest BCUT2D eigenvalue weighted by Gasteiger charge is 2.27. The van der Waals surface area contributed by atoms with E-state index in [1.807, 2.05) is 30.3 Å². The van der Waals surface area contributed by atoms with Gasteiger partial charge in [-0.3, -0.25) is 4.79 Å². The molecule has 1 aromatic heterocycles. The Hall–Kier alpha value is -2.79. The molecule has 1 heterocycles. The molecule has 0 aliphatic rings. The van der Waals surface area contributed by atoms with Crippen molar-refractivity contribution >= 4 is 52.5 Å². The molecular weight excluding hydrogens is 518 g/mol. The van der Waals surface area contributed by atoms with Crippen LogP contribution in [0.4, 0.5) is 0 Å². The number of carbonyl (C=O) groups excluding carboxylic acids is 1. The lowest BCUT2D eigenvalue weighted by Gasteiger charge is -2.09. The Kier molecular flexibility index (Phi) is 5.80. The average molecular weight is 534 g/mol. The van der Waals surface area contributed by atoms with Crippen LogP contribution in [0.5, 0.6) is 0 Å². The summed E-state index contributed by atoms with van der Waals surface area (Å²) in [5.41, 5.74) is 1.56. The zero-order valence-electron chi connectivity index (χ0n) is 16.4. The number of furan rings is 1. The van der Waals surface area contributed by atoms with Crippen molar-refractivity contribution in [2.24, 2.45) is 5.14 Å². The van der Waals surface area contributed by atoms with Gasteiger partial charge in [-0.25, -0.2) is 22.0 Å². The number of benzene rings is 3. The van der Waals surface area contributed by atoms with E-state index in [4.69, 9.17) is 9.56 Å². The van der Waals surface area contributed by atoms with Gasteiger partial charge in [-0.05, 0) is 36.4 Å². The Morgan fingerprint density at radius 3 is 2.19 bits per heavy atom. The van der Waals surface area contributed by atoms with Gasteiger partial charge in [-0.1, -0.05) is 52.3 Å². The Morgan fingerprint density at radius 2 is 1.53 bits per heavy atom. The molecule has 0 unspecified atom stereocenters. The zero-order valence-corrected chi connectivity index (χ0v) is 19.6. The third-order valence-corrected chi connectivity index (χ3v) is 8.22. The first-order valence-corrected chi connectivity index (χ1v) is 13.2. The number of carbonyl (C=O) groups is 1. The minimum Gasteiger partial charge on any atom is -0.456 e. The van der Waals surface area contributed by atoms with E-state index < -0.39 is 41.2 Å². The van der Waals surface area contributed by atoms with Crippen molar-refractivity contribution in [3.8, 4) is 11.3 Å². The SMILES string of the molecule is NS(=O)(=O)c1ccccc1S(=O)(=O)CC(=O)c1ccc(-c2cc3ccccc3o2)c(Br)c1. The van der Waals surface area contributed by atoms with Crippen molar-refractivity contribution < 1.29 is 26.0 Å². The fourth-order valence-electron chi connectivity index (χ4n) is 3.28. The van der Waals surface area contributed by atoms with Gasteiger partial charge in [0, 0.05) is 21.0 Å². The van der Waals surface area contributed by atoms with E-state index in [-0.39, 0.29) is 5.56 Å². The normalized spacial score (nSPS) is 12.2. The van der Waals surface area contributed by atoms with Crippen LogP contribution >= 0.6 is 15.9 Å². The molecule has 0 aliphatic carbocycles. The lowest BCUT2D eigenvalue weighted by molar-refractivity contribution is 0.102. The maximum absolute atomic E-state index is 12.8. The van der Waals surface area contributed by atoms with Crippen molar-refractivity contribution in [2.75, 3.05) is 5.75 Å². The molecule has 4 rings (SSSR count). The van der Waals surface area contributed by atoms with Crippen LogP contribution in [0.25, 0.3) is 22.3 Å². The number of fused-ring (bicyclic) bond motifs is 1. The molecular formula is C22H16BrNO6S2. The lowest BCUT2D eigenvalue weighted by Crippen LogP contribution is -2.21. The van der Waals surface area contributed by atoms with Crippen molar-refractivity contribution in [3.63, 3.8) is 0 Å². The zero-order chi connectivity index (χ0) is 23.1. The standard InChI is InChI=1S/C22H16BrNO6S2/c23-17-11-14(9-10-16(17)20-12-15-5-1-2-6-19(15)30-20)18(25)13-31(26,27)21-7-3-4-8-22(21)32(24,28)29/h1-12H,13H2,(H2,24,28,29). The Balaban J connectivity index is 1.64. The fourth-order valence-corrected chi connectivity index (χ4v) is 6.53. The van der Waals surface area contributed by atoms with Crippen LogP contribution in [-0.2, 0) is 19.9 Å². The Bertz CT molecular complexity index is 1540. The third kappa shape index (κ3) is 4.40. The van der Waals surface area contributed by atoms with E-state index in [0.29, 0.717) is 21.4 Å². The van der Waals surface area contributed by atoms with Gasteiger partial charge >= 0.3 is 0 Å². The first-order chi connectivity index (χ1) is 15.1. The number of rotatable bonds is 6. The summed E-state index contributed by atoms with van der Waals surface area (Å²) in [6, 6.07) is 19.0. The number of hydrogen-bond donors (Lipinski definition) is 1. The fraction of sp³-hybridized carbons (Fsp3) is 0.0455. The highest BCUT2D eigenvalue weighted by molar-refractivity contribution is 9.10. The van der Waals surface area contributed by atoms with Gasteiger partial charge < -0.3 is 4.42 Å². The number of ketones is 1. The van der Waals surface area contributed by atoms with Crippen LogP contribution in [0.2, 0.25) is 0 Å². The second kappa shape index (κ2) is 8.28. The molecule has 2 N–H and O–H groups in total. The summed E-state index contributed by atoms with van der Waals surface area (Å²) in [5.74, 6) is -1.01. The van der Waals surface area contributed by atoms with Gasteiger partial charge in [0.25, 0.3) is 0 Å². The summed E-state index contributed by atoms with van der Waals surface area (Å²) < 4.78 is 55.5. The maximum Gasteiger partial charge on any atom is 0.239 e. The minimum atomic E-state index is -4.28. The van der Waals surface area contributed by atoms with E-state index >= 15 is 0 Å². The topological polar surface area (TPSA) is 125 Å². The lowest BCUT2D eigenvalue weighted by atomic mass is 10.1. The molecule has 4 aromatic rings. The van der Waals surface area contributed by atoms with Gasteiger partial charge in [0.2, 0.25) is 10.0 Å². The number of primary sulfonamides is 1. The molecule has 0 aliphatic heterocycles. The van der Waals surface area contributed by atoms with E-state index in [2.05, 4.69) is 15.9 Å². The van der Waals surface area contributed by atoms with Crippen LogP contribution in [0, 0.1) is 0 Å². The summed E-state index contributed by atoms with van der Waals surface area (Å²) >= 11 is 3.41. The average Bonchev–Trinajstić information content (AvgIpc) is 3.16. The minimum absolute atomic E-state index is 0.147. The molecule has 0 fully saturated rings. The van der Waals surface area contributed by atoms with Crippen LogP contribution in [-0.4, -0.2) is 28.4 Å². The number of para-hydroxylation sites is 1.